The average Bonchev–Trinajstić information content (AvgIpc) is 2.23. The van der Waals surface area contributed by atoms with Gasteiger partial charge in [-0.25, -0.2) is 8.78 Å². The first-order valence-electron chi connectivity index (χ1n) is 5.28. The monoisotopic (exact) mass is 237 g/mol. The zero-order chi connectivity index (χ0) is 13.2. The lowest BCUT2D eigenvalue weighted by molar-refractivity contribution is 0.0920. The molecule has 0 aromatic heterocycles. The summed E-state index contributed by atoms with van der Waals surface area (Å²) in [6.45, 7) is 4.86. The van der Waals surface area contributed by atoms with Crippen molar-refractivity contribution in [1.82, 2.24) is 0 Å². The molecule has 0 bridgehead atoms. The van der Waals surface area contributed by atoms with Crippen LogP contribution in [0, 0.1) is 41.7 Å². The van der Waals surface area contributed by atoms with Crippen molar-refractivity contribution in [2.45, 2.75) is 20.8 Å². The number of rotatable bonds is 3. The lowest BCUT2D eigenvalue weighted by Crippen LogP contribution is -2.20. The van der Waals surface area contributed by atoms with Crippen molar-refractivity contribution in [2.24, 2.45) is 11.8 Å². The molecule has 17 heavy (non-hydrogen) atoms. The number of carbonyl (C=O) groups is 1. The minimum Gasteiger partial charge on any atom is -0.293 e. The minimum absolute atomic E-state index is 0.190. The van der Waals surface area contributed by atoms with Gasteiger partial charge in [0.05, 0.1) is 11.6 Å². The molecule has 0 N–H and O–H groups in total. The van der Waals surface area contributed by atoms with E-state index in [9.17, 15) is 13.6 Å². The minimum atomic E-state index is -0.918. The van der Waals surface area contributed by atoms with E-state index in [1.165, 1.54) is 6.92 Å². The molecule has 1 atom stereocenters. The summed E-state index contributed by atoms with van der Waals surface area (Å²) in [5.74, 6) is -3.33. The standard InChI is InChI=1S/C13H13F2NO/c1-7(2)10(6-16)13(17)9-4-8(3)11(14)5-12(9)15/h4-5,7,10H,1-3H3. The first kappa shape index (κ1) is 13.3. The SMILES string of the molecule is Cc1cc(C(=O)C(C#N)C(C)C)c(F)cc1F. The molecule has 1 rings (SSSR count). The maximum Gasteiger partial charge on any atom is 0.183 e. The van der Waals surface area contributed by atoms with Crippen molar-refractivity contribution in [3.05, 3.63) is 34.9 Å². The summed E-state index contributed by atoms with van der Waals surface area (Å²) < 4.78 is 26.5. The van der Waals surface area contributed by atoms with E-state index in [1.54, 1.807) is 13.8 Å². The van der Waals surface area contributed by atoms with Crippen molar-refractivity contribution >= 4 is 5.78 Å². The van der Waals surface area contributed by atoms with Crippen LogP contribution < -0.4 is 0 Å². The van der Waals surface area contributed by atoms with Gasteiger partial charge in [-0.2, -0.15) is 5.26 Å². The molecular weight excluding hydrogens is 224 g/mol. The summed E-state index contributed by atoms with van der Waals surface area (Å²) in [4.78, 5) is 11.9. The van der Waals surface area contributed by atoms with E-state index in [2.05, 4.69) is 0 Å². The van der Waals surface area contributed by atoms with E-state index in [0.29, 0.717) is 6.07 Å². The van der Waals surface area contributed by atoms with E-state index < -0.39 is 23.3 Å². The molecule has 0 spiro atoms. The average molecular weight is 237 g/mol. The summed E-state index contributed by atoms with van der Waals surface area (Å²) in [6, 6.07) is 3.68. The van der Waals surface area contributed by atoms with Gasteiger partial charge in [0.1, 0.15) is 17.6 Å². The molecule has 1 unspecified atom stereocenters. The molecule has 4 heteroatoms. The van der Waals surface area contributed by atoms with Crippen LogP contribution in [0.25, 0.3) is 0 Å². The Morgan fingerprint density at radius 1 is 1.29 bits per heavy atom. The van der Waals surface area contributed by atoms with Crippen LogP contribution in [0.3, 0.4) is 0 Å². The largest absolute Gasteiger partial charge is 0.293 e. The lowest BCUT2D eigenvalue weighted by Gasteiger charge is -2.12. The fraction of sp³-hybridized carbons (Fsp3) is 0.385. The van der Waals surface area contributed by atoms with Crippen LogP contribution in [0.1, 0.15) is 29.8 Å². The summed E-state index contributed by atoms with van der Waals surface area (Å²) in [5.41, 5.74) is -0.0284. The van der Waals surface area contributed by atoms with Gasteiger partial charge in [0.15, 0.2) is 5.78 Å². The van der Waals surface area contributed by atoms with Crippen LogP contribution in [0.2, 0.25) is 0 Å². The predicted octanol–water partition coefficient (Wildman–Crippen LogP) is 3.25. The molecule has 0 fully saturated rings. The number of benzene rings is 1. The number of aryl methyl sites for hydroxylation is 1. The number of hydrogen-bond acceptors (Lipinski definition) is 2. The molecule has 0 saturated heterocycles. The van der Waals surface area contributed by atoms with Crippen LogP contribution in [0.15, 0.2) is 12.1 Å². The Bertz CT molecular complexity index is 489. The van der Waals surface area contributed by atoms with E-state index in [-0.39, 0.29) is 17.0 Å². The highest BCUT2D eigenvalue weighted by molar-refractivity contribution is 5.99. The van der Waals surface area contributed by atoms with Gasteiger partial charge in [-0.3, -0.25) is 4.79 Å². The third-order valence-electron chi connectivity index (χ3n) is 2.60. The predicted molar refractivity (Wildman–Crippen MR) is 59.4 cm³/mol. The normalized spacial score (nSPS) is 12.3. The van der Waals surface area contributed by atoms with Gasteiger partial charge < -0.3 is 0 Å². The highest BCUT2D eigenvalue weighted by Crippen LogP contribution is 2.21. The van der Waals surface area contributed by atoms with Gasteiger partial charge in [-0.1, -0.05) is 13.8 Å². The number of halogens is 2. The first-order valence-corrected chi connectivity index (χ1v) is 5.28. The maximum atomic E-state index is 13.5. The van der Waals surface area contributed by atoms with Gasteiger partial charge in [0, 0.05) is 6.07 Å². The summed E-state index contributed by atoms with van der Waals surface area (Å²) in [6.07, 6.45) is 0. The second-order valence-corrected chi connectivity index (χ2v) is 4.30. The smallest absolute Gasteiger partial charge is 0.183 e. The molecular formula is C13H13F2NO. The van der Waals surface area contributed by atoms with Crippen LogP contribution in [0.5, 0.6) is 0 Å². The van der Waals surface area contributed by atoms with Crippen LogP contribution >= 0.6 is 0 Å². The lowest BCUT2D eigenvalue weighted by atomic mass is 9.88. The first-order chi connectivity index (χ1) is 7.88. The molecule has 0 amide bonds. The molecule has 90 valence electrons. The number of carbonyl (C=O) groups excluding carboxylic acids is 1. The summed E-state index contributed by atoms with van der Waals surface area (Å²) >= 11 is 0. The molecule has 0 radical (unpaired) electrons. The molecule has 0 saturated carbocycles. The van der Waals surface area contributed by atoms with E-state index in [1.807, 2.05) is 6.07 Å². The van der Waals surface area contributed by atoms with Gasteiger partial charge in [0.2, 0.25) is 0 Å². The van der Waals surface area contributed by atoms with Gasteiger partial charge in [-0.05, 0) is 24.5 Å². The maximum absolute atomic E-state index is 13.5. The molecule has 2 nitrogen and oxygen atoms in total. The van der Waals surface area contributed by atoms with E-state index in [4.69, 9.17) is 5.26 Å². The molecule has 1 aromatic carbocycles. The molecule has 0 aliphatic carbocycles. The fourth-order valence-corrected chi connectivity index (χ4v) is 1.52. The van der Waals surface area contributed by atoms with Crippen LogP contribution in [-0.2, 0) is 0 Å². The Morgan fingerprint density at radius 2 is 1.88 bits per heavy atom. The Labute approximate surface area is 98.9 Å². The Hall–Kier alpha value is -1.76. The summed E-state index contributed by atoms with van der Waals surface area (Å²) in [7, 11) is 0. The molecule has 0 aliphatic rings. The fourth-order valence-electron chi connectivity index (χ4n) is 1.52. The van der Waals surface area contributed by atoms with Crippen molar-refractivity contribution in [3.8, 4) is 6.07 Å². The number of hydrogen-bond donors (Lipinski definition) is 0. The number of nitrogens with zero attached hydrogens (tertiary/aromatic N) is 1. The zero-order valence-electron chi connectivity index (χ0n) is 9.92. The topological polar surface area (TPSA) is 40.9 Å². The third-order valence-corrected chi connectivity index (χ3v) is 2.60. The second kappa shape index (κ2) is 5.05. The number of nitriles is 1. The molecule has 0 heterocycles. The second-order valence-electron chi connectivity index (χ2n) is 4.30. The number of ketones is 1. The van der Waals surface area contributed by atoms with Gasteiger partial charge in [0.25, 0.3) is 0 Å². The molecule has 1 aromatic rings. The quantitative estimate of drug-likeness (QED) is 0.757. The van der Waals surface area contributed by atoms with Crippen LogP contribution in [0.4, 0.5) is 8.78 Å². The Morgan fingerprint density at radius 3 is 2.35 bits per heavy atom. The Kier molecular flexibility index (Phi) is 3.95. The Balaban J connectivity index is 3.22. The van der Waals surface area contributed by atoms with E-state index >= 15 is 0 Å². The van der Waals surface area contributed by atoms with Crippen molar-refractivity contribution < 1.29 is 13.6 Å². The summed E-state index contributed by atoms with van der Waals surface area (Å²) in [5, 5.41) is 8.88. The van der Waals surface area contributed by atoms with Gasteiger partial charge >= 0.3 is 0 Å². The van der Waals surface area contributed by atoms with Crippen molar-refractivity contribution in [1.29, 1.82) is 5.26 Å². The molecule has 0 aliphatic heterocycles. The highest BCUT2D eigenvalue weighted by atomic mass is 19.1. The van der Waals surface area contributed by atoms with E-state index in [0.717, 1.165) is 6.07 Å². The van der Waals surface area contributed by atoms with Crippen molar-refractivity contribution in [3.63, 3.8) is 0 Å². The van der Waals surface area contributed by atoms with Crippen molar-refractivity contribution in [2.75, 3.05) is 0 Å². The zero-order valence-corrected chi connectivity index (χ0v) is 9.92. The third kappa shape index (κ3) is 2.68. The van der Waals surface area contributed by atoms with Crippen LogP contribution in [-0.4, -0.2) is 5.78 Å². The number of Topliss-reactive ketones (excluding diaryl/α,β-unsaturated/α-hetero) is 1. The highest BCUT2D eigenvalue weighted by Gasteiger charge is 2.26. The van der Waals surface area contributed by atoms with Gasteiger partial charge in [-0.15, -0.1) is 0 Å².